The Bertz CT molecular complexity index is 443. The topological polar surface area (TPSA) is 63.3 Å². The zero-order chi connectivity index (χ0) is 11.2. The highest BCUT2D eigenvalue weighted by molar-refractivity contribution is 6.06. The minimum atomic E-state index is -0.996. The average Bonchev–Trinajstić information content (AvgIpc) is 2.18. The zero-order valence-corrected chi connectivity index (χ0v) is 8.38. The maximum absolute atomic E-state index is 13.3. The standard InChI is InChI=1S/C11H12FNO2/c1-5-6-2-3-9(14)11(15)10(6)8(13)4-7(5)12/h4,9,14H,2-3,13H2,1H3. The number of hydrogen-bond acceptors (Lipinski definition) is 3. The summed E-state index contributed by atoms with van der Waals surface area (Å²) in [5.74, 6) is -0.785. The molecule has 0 aromatic heterocycles. The molecule has 2 rings (SSSR count). The van der Waals surface area contributed by atoms with Crippen molar-refractivity contribution in [2.45, 2.75) is 25.9 Å². The van der Waals surface area contributed by atoms with Gasteiger partial charge in [0, 0.05) is 11.3 Å². The van der Waals surface area contributed by atoms with E-state index >= 15 is 0 Å². The van der Waals surface area contributed by atoms with Gasteiger partial charge >= 0.3 is 0 Å². The molecule has 0 radical (unpaired) electrons. The van der Waals surface area contributed by atoms with E-state index in [0.29, 0.717) is 29.5 Å². The summed E-state index contributed by atoms with van der Waals surface area (Å²) in [6, 6.07) is 1.14. The number of carbonyl (C=O) groups excluding carboxylic acids is 1. The van der Waals surface area contributed by atoms with E-state index in [-0.39, 0.29) is 5.69 Å². The third kappa shape index (κ3) is 1.41. The van der Waals surface area contributed by atoms with Crippen molar-refractivity contribution in [2.75, 3.05) is 5.73 Å². The molecule has 0 saturated carbocycles. The van der Waals surface area contributed by atoms with Crippen LogP contribution in [0.15, 0.2) is 6.07 Å². The second-order valence-corrected chi connectivity index (χ2v) is 3.84. The van der Waals surface area contributed by atoms with Crippen LogP contribution in [0.2, 0.25) is 0 Å². The normalized spacial score (nSPS) is 20.2. The summed E-state index contributed by atoms with van der Waals surface area (Å²) in [4.78, 5) is 11.6. The number of hydrogen-bond donors (Lipinski definition) is 2. The maximum Gasteiger partial charge on any atom is 0.193 e. The van der Waals surface area contributed by atoms with E-state index in [4.69, 9.17) is 5.73 Å². The van der Waals surface area contributed by atoms with Gasteiger partial charge in [-0.15, -0.1) is 0 Å². The number of halogens is 1. The molecule has 0 aliphatic heterocycles. The Kier molecular flexibility index (Phi) is 2.23. The molecule has 0 spiro atoms. The number of fused-ring (bicyclic) bond motifs is 1. The van der Waals surface area contributed by atoms with Crippen LogP contribution in [0.25, 0.3) is 0 Å². The second kappa shape index (κ2) is 3.31. The second-order valence-electron chi connectivity index (χ2n) is 3.84. The molecule has 1 atom stereocenters. The molecule has 4 heteroatoms. The van der Waals surface area contributed by atoms with Gasteiger partial charge in [-0.25, -0.2) is 4.39 Å². The van der Waals surface area contributed by atoms with E-state index < -0.39 is 17.7 Å². The first-order valence-corrected chi connectivity index (χ1v) is 4.82. The van der Waals surface area contributed by atoms with Crippen molar-refractivity contribution in [1.29, 1.82) is 0 Å². The molecule has 3 nitrogen and oxygen atoms in total. The smallest absolute Gasteiger partial charge is 0.193 e. The lowest BCUT2D eigenvalue weighted by Crippen LogP contribution is -2.29. The van der Waals surface area contributed by atoms with Gasteiger partial charge in [-0.2, -0.15) is 0 Å². The molecule has 0 bridgehead atoms. The van der Waals surface area contributed by atoms with E-state index in [1.807, 2.05) is 0 Å². The summed E-state index contributed by atoms with van der Waals surface area (Å²) in [5, 5.41) is 9.41. The van der Waals surface area contributed by atoms with Gasteiger partial charge in [0.15, 0.2) is 5.78 Å². The Morgan fingerprint density at radius 2 is 2.27 bits per heavy atom. The fourth-order valence-corrected chi connectivity index (χ4v) is 2.01. The number of benzene rings is 1. The predicted molar refractivity (Wildman–Crippen MR) is 54.2 cm³/mol. The molecule has 0 fully saturated rings. The molecular formula is C11H12FNO2. The maximum atomic E-state index is 13.3. The molecule has 1 unspecified atom stereocenters. The largest absolute Gasteiger partial charge is 0.398 e. The number of aliphatic hydroxyl groups excluding tert-OH is 1. The van der Waals surface area contributed by atoms with E-state index in [1.54, 1.807) is 6.92 Å². The average molecular weight is 209 g/mol. The minimum absolute atomic E-state index is 0.122. The zero-order valence-electron chi connectivity index (χ0n) is 8.38. The summed E-state index contributed by atoms with van der Waals surface area (Å²) >= 11 is 0. The number of nitrogen functional groups attached to an aromatic ring is 1. The van der Waals surface area contributed by atoms with Gasteiger partial charge in [-0.05, 0) is 37.0 Å². The number of aliphatic hydroxyl groups is 1. The van der Waals surface area contributed by atoms with Gasteiger partial charge in [0.25, 0.3) is 0 Å². The van der Waals surface area contributed by atoms with Gasteiger partial charge < -0.3 is 10.8 Å². The quantitative estimate of drug-likeness (QED) is 0.631. The fraction of sp³-hybridized carbons (Fsp3) is 0.364. The van der Waals surface area contributed by atoms with Crippen molar-refractivity contribution in [2.24, 2.45) is 0 Å². The first-order chi connectivity index (χ1) is 7.02. The van der Waals surface area contributed by atoms with Crippen LogP contribution in [-0.2, 0) is 6.42 Å². The molecule has 0 heterocycles. The van der Waals surface area contributed by atoms with E-state index in [9.17, 15) is 14.3 Å². The SMILES string of the molecule is Cc1c(F)cc(N)c2c1CCC(O)C2=O. The van der Waals surface area contributed by atoms with Crippen molar-refractivity contribution < 1.29 is 14.3 Å². The van der Waals surface area contributed by atoms with Crippen LogP contribution in [-0.4, -0.2) is 17.0 Å². The summed E-state index contributed by atoms with van der Waals surface area (Å²) < 4.78 is 13.3. The molecule has 80 valence electrons. The molecule has 0 saturated heterocycles. The number of anilines is 1. The van der Waals surface area contributed by atoms with Crippen LogP contribution in [0.4, 0.5) is 10.1 Å². The summed E-state index contributed by atoms with van der Waals surface area (Å²) in [5.41, 5.74) is 7.11. The molecule has 3 N–H and O–H groups in total. The first kappa shape index (κ1) is 10.1. The number of carbonyl (C=O) groups is 1. The highest BCUT2D eigenvalue weighted by atomic mass is 19.1. The van der Waals surface area contributed by atoms with Gasteiger partial charge in [0.1, 0.15) is 11.9 Å². The van der Waals surface area contributed by atoms with Crippen molar-refractivity contribution in [3.05, 3.63) is 28.6 Å². The third-order valence-electron chi connectivity index (χ3n) is 2.90. The fourth-order valence-electron chi connectivity index (χ4n) is 2.01. The van der Waals surface area contributed by atoms with E-state index in [0.717, 1.165) is 6.07 Å². The number of nitrogens with two attached hydrogens (primary N) is 1. The predicted octanol–water partition coefficient (Wildman–Crippen LogP) is 1.21. The van der Waals surface area contributed by atoms with Crippen LogP contribution in [0, 0.1) is 12.7 Å². The van der Waals surface area contributed by atoms with Gasteiger partial charge in [0.2, 0.25) is 0 Å². The monoisotopic (exact) mass is 209 g/mol. The van der Waals surface area contributed by atoms with Gasteiger partial charge in [0.05, 0.1) is 0 Å². The Morgan fingerprint density at radius 3 is 2.93 bits per heavy atom. The third-order valence-corrected chi connectivity index (χ3v) is 2.90. The van der Waals surface area contributed by atoms with Crippen LogP contribution >= 0.6 is 0 Å². The summed E-state index contributed by atoms with van der Waals surface area (Å²) in [7, 11) is 0. The molecular weight excluding hydrogens is 197 g/mol. The van der Waals surface area contributed by atoms with Crippen LogP contribution < -0.4 is 5.73 Å². The lowest BCUT2D eigenvalue weighted by atomic mass is 9.85. The molecule has 0 amide bonds. The van der Waals surface area contributed by atoms with Gasteiger partial charge in [-0.3, -0.25) is 4.79 Å². The molecule has 1 aliphatic carbocycles. The molecule has 1 aliphatic rings. The Labute approximate surface area is 86.7 Å². The Hall–Kier alpha value is -1.42. The van der Waals surface area contributed by atoms with Crippen molar-refractivity contribution >= 4 is 11.5 Å². The van der Waals surface area contributed by atoms with Gasteiger partial charge in [-0.1, -0.05) is 0 Å². The van der Waals surface area contributed by atoms with Crippen molar-refractivity contribution in [3.8, 4) is 0 Å². The number of Topliss-reactive ketones (excluding diaryl/α,β-unsaturated/α-hetero) is 1. The Morgan fingerprint density at radius 1 is 1.60 bits per heavy atom. The van der Waals surface area contributed by atoms with Crippen LogP contribution in [0.1, 0.15) is 27.9 Å². The minimum Gasteiger partial charge on any atom is -0.398 e. The first-order valence-electron chi connectivity index (χ1n) is 4.82. The lowest BCUT2D eigenvalue weighted by molar-refractivity contribution is 0.0713. The highest BCUT2D eigenvalue weighted by Crippen LogP contribution is 2.30. The van der Waals surface area contributed by atoms with Crippen molar-refractivity contribution in [1.82, 2.24) is 0 Å². The van der Waals surface area contributed by atoms with E-state index in [2.05, 4.69) is 0 Å². The number of rotatable bonds is 0. The van der Waals surface area contributed by atoms with Crippen molar-refractivity contribution in [3.63, 3.8) is 0 Å². The Balaban J connectivity index is 2.69. The molecule has 15 heavy (non-hydrogen) atoms. The van der Waals surface area contributed by atoms with E-state index in [1.165, 1.54) is 0 Å². The van der Waals surface area contributed by atoms with Crippen LogP contribution in [0.5, 0.6) is 0 Å². The highest BCUT2D eigenvalue weighted by Gasteiger charge is 2.29. The molecule has 1 aromatic carbocycles. The molecule has 1 aromatic rings. The summed E-state index contributed by atoms with van der Waals surface area (Å²) in [6.07, 6.45) is -0.157. The van der Waals surface area contributed by atoms with Crippen LogP contribution in [0.3, 0.4) is 0 Å². The number of ketones is 1. The lowest BCUT2D eigenvalue weighted by Gasteiger charge is -2.22. The summed E-state index contributed by atoms with van der Waals surface area (Å²) in [6.45, 7) is 1.62.